The number of aryl methyl sites for hydroxylation is 3. The zero-order valence-corrected chi connectivity index (χ0v) is 15.5. The molecule has 0 unspecified atom stereocenters. The molecule has 0 fully saturated rings. The fraction of sp³-hybridized carbons (Fsp3) is 0.227. The normalized spacial score (nSPS) is 12.0. The maximum absolute atomic E-state index is 12.5. The van der Waals surface area contributed by atoms with Crippen molar-refractivity contribution in [2.75, 3.05) is 11.9 Å². The van der Waals surface area contributed by atoms with Gasteiger partial charge in [-0.15, -0.1) is 0 Å². The first-order valence-corrected chi connectivity index (χ1v) is 8.84. The standard InChI is InChI=1S/C22H24N2O2/c1-15-12-16(2)21(17(3)13-15)24-20(25)14-23-22(19-10-7-11-26-19)18-8-5-4-6-9-18/h4-13,22-23H,14H2,1-3H3,(H,24,25)/p+1/t22-/m0/s1. The predicted molar refractivity (Wildman–Crippen MR) is 103 cm³/mol. The van der Waals surface area contributed by atoms with Gasteiger partial charge >= 0.3 is 0 Å². The van der Waals surface area contributed by atoms with Crippen LogP contribution in [-0.4, -0.2) is 12.5 Å². The zero-order valence-electron chi connectivity index (χ0n) is 15.5. The van der Waals surface area contributed by atoms with E-state index in [4.69, 9.17) is 4.42 Å². The van der Waals surface area contributed by atoms with Gasteiger partial charge in [0.2, 0.25) is 0 Å². The number of nitrogens with one attached hydrogen (secondary N) is 1. The third-order valence-corrected chi connectivity index (χ3v) is 4.49. The van der Waals surface area contributed by atoms with Crippen LogP contribution >= 0.6 is 0 Å². The number of quaternary nitrogens is 1. The fourth-order valence-corrected chi connectivity index (χ4v) is 3.34. The highest BCUT2D eigenvalue weighted by Gasteiger charge is 2.21. The van der Waals surface area contributed by atoms with Crippen molar-refractivity contribution in [3.63, 3.8) is 0 Å². The maximum atomic E-state index is 12.5. The second-order valence-electron chi connectivity index (χ2n) is 6.67. The van der Waals surface area contributed by atoms with Gasteiger partial charge < -0.3 is 15.1 Å². The monoisotopic (exact) mass is 349 g/mol. The number of carbonyl (C=O) groups excluding carboxylic acids is 1. The number of amides is 1. The van der Waals surface area contributed by atoms with Crippen molar-refractivity contribution in [3.8, 4) is 0 Å². The number of hydrogen-bond acceptors (Lipinski definition) is 2. The van der Waals surface area contributed by atoms with Crippen LogP contribution in [0.2, 0.25) is 0 Å². The highest BCUT2D eigenvalue weighted by atomic mass is 16.3. The fourth-order valence-electron chi connectivity index (χ4n) is 3.34. The Kier molecular flexibility index (Phi) is 5.54. The first kappa shape index (κ1) is 18.0. The van der Waals surface area contributed by atoms with Gasteiger partial charge in [0.25, 0.3) is 5.91 Å². The molecule has 0 aliphatic heterocycles. The van der Waals surface area contributed by atoms with Crippen LogP contribution < -0.4 is 10.6 Å². The van der Waals surface area contributed by atoms with E-state index < -0.39 is 0 Å². The van der Waals surface area contributed by atoms with Crippen LogP contribution in [0.5, 0.6) is 0 Å². The van der Waals surface area contributed by atoms with Crippen LogP contribution in [0.3, 0.4) is 0 Å². The van der Waals surface area contributed by atoms with Crippen molar-refractivity contribution in [2.45, 2.75) is 26.8 Å². The Labute approximate surface area is 154 Å². The summed E-state index contributed by atoms with van der Waals surface area (Å²) in [4.78, 5) is 12.5. The molecular formula is C22H25N2O2+. The number of nitrogens with two attached hydrogens (primary N) is 1. The molecule has 134 valence electrons. The second kappa shape index (κ2) is 8.02. The molecule has 0 spiro atoms. The van der Waals surface area contributed by atoms with E-state index in [1.165, 1.54) is 5.56 Å². The van der Waals surface area contributed by atoms with Crippen LogP contribution in [0.15, 0.2) is 65.3 Å². The van der Waals surface area contributed by atoms with Crippen LogP contribution in [0.4, 0.5) is 5.69 Å². The summed E-state index contributed by atoms with van der Waals surface area (Å²) in [6.45, 7) is 6.42. The number of hydrogen-bond donors (Lipinski definition) is 2. The maximum Gasteiger partial charge on any atom is 0.279 e. The molecule has 0 radical (unpaired) electrons. The first-order valence-electron chi connectivity index (χ1n) is 8.84. The zero-order chi connectivity index (χ0) is 18.5. The van der Waals surface area contributed by atoms with E-state index in [0.29, 0.717) is 6.54 Å². The number of rotatable bonds is 6. The van der Waals surface area contributed by atoms with Gasteiger partial charge in [0.05, 0.1) is 6.26 Å². The van der Waals surface area contributed by atoms with Gasteiger partial charge in [-0.25, -0.2) is 0 Å². The molecule has 0 saturated carbocycles. The molecule has 3 rings (SSSR count). The third-order valence-electron chi connectivity index (χ3n) is 4.49. The van der Waals surface area contributed by atoms with Crippen LogP contribution in [0, 0.1) is 20.8 Å². The Morgan fingerprint density at radius 3 is 2.35 bits per heavy atom. The van der Waals surface area contributed by atoms with Gasteiger partial charge in [0, 0.05) is 11.3 Å². The van der Waals surface area contributed by atoms with E-state index in [-0.39, 0.29) is 11.9 Å². The van der Waals surface area contributed by atoms with E-state index in [2.05, 4.69) is 36.5 Å². The molecule has 1 atom stereocenters. The van der Waals surface area contributed by atoms with Crippen molar-refractivity contribution in [1.29, 1.82) is 0 Å². The summed E-state index contributed by atoms with van der Waals surface area (Å²) in [5.74, 6) is 0.819. The van der Waals surface area contributed by atoms with Crippen LogP contribution in [0.25, 0.3) is 0 Å². The van der Waals surface area contributed by atoms with Gasteiger partial charge in [-0.2, -0.15) is 0 Å². The quantitative estimate of drug-likeness (QED) is 0.716. The lowest BCUT2D eigenvalue weighted by Gasteiger charge is -2.15. The topological polar surface area (TPSA) is 58.9 Å². The van der Waals surface area contributed by atoms with Gasteiger partial charge in [-0.05, 0) is 44.0 Å². The number of carbonyl (C=O) groups is 1. The molecule has 2 aromatic carbocycles. The van der Waals surface area contributed by atoms with Crippen LogP contribution in [-0.2, 0) is 4.79 Å². The molecule has 4 nitrogen and oxygen atoms in total. The third kappa shape index (κ3) is 4.21. The molecule has 3 N–H and O–H groups in total. The van der Waals surface area contributed by atoms with Crippen molar-refractivity contribution < 1.29 is 14.5 Å². The molecule has 0 saturated heterocycles. The minimum absolute atomic E-state index is 0.0208. The van der Waals surface area contributed by atoms with Crippen LogP contribution in [0.1, 0.15) is 34.1 Å². The van der Waals surface area contributed by atoms with Gasteiger partial charge in [-0.3, -0.25) is 4.79 Å². The second-order valence-corrected chi connectivity index (χ2v) is 6.67. The molecule has 0 aliphatic carbocycles. The molecular weight excluding hydrogens is 324 g/mol. The Morgan fingerprint density at radius 2 is 1.73 bits per heavy atom. The summed E-state index contributed by atoms with van der Waals surface area (Å²) in [6, 6.07) is 18.0. The highest BCUT2D eigenvalue weighted by molar-refractivity contribution is 5.93. The molecule has 3 aromatic rings. The summed E-state index contributed by atoms with van der Waals surface area (Å²) >= 11 is 0. The number of benzene rings is 2. The molecule has 1 amide bonds. The first-order chi connectivity index (χ1) is 12.5. The summed E-state index contributed by atoms with van der Waals surface area (Å²) in [5, 5.41) is 5.06. The Bertz CT molecular complexity index is 847. The van der Waals surface area contributed by atoms with E-state index in [9.17, 15) is 4.79 Å². The number of anilines is 1. The Morgan fingerprint density at radius 1 is 1.04 bits per heavy atom. The van der Waals surface area contributed by atoms with E-state index in [1.807, 2.05) is 49.5 Å². The molecule has 0 aliphatic rings. The highest BCUT2D eigenvalue weighted by Crippen LogP contribution is 2.22. The van der Waals surface area contributed by atoms with Crippen molar-refractivity contribution >= 4 is 11.6 Å². The molecule has 1 heterocycles. The van der Waals surface area contributed by atoms with Gasteiger partial charge in [0.15, 0.2) is 18.3 Å². The smallest absolute Gasteiger partial charge is 0.279 e. The van der Waals surface area contributed by atoms with Crippen molar-refractivity contribution in [3.05, 3.63) is 88.9 Å². The number of furan rings is 1. The van der Waals surface area contributed by atoms with E-state index in [1.54, 1.807) is 6.26 Å². The Balaban J connectivity index is 1.71. The minimum Gasteiger partial charge on any atom is -0.463 e. The Hall–Kier alpha value is -2.85. The van der Waals surface area contributed by atoms with E-state index >= 15 is 0 Å². The average Bonchev–Trinajstić information content (AvgIpc) is 3.13. The lowest BCUT2D eigenvalue weighted by molar-refractivity contribution is -0.678. The SMILES string of the molecule is Cc1cc(C)c(NC(=O)C[NH2+][C@@H](c2ccccc2)c2ccco2)c(C)c1. The molecule has 4 heteroatoms. The van der Waals surface area contributed by atoms with Gasteiger partial charge in [0.1, 0.15) is 0 Å². The van der Waals surface area contributed by atoms with Gasteiger partial charge in [-0.1, -0.05) is 48.0 Å². The largest absolute Gasteiger partial charge is 0.463 e. The van der Waals surface area contributed by atoms with Crippen molar-refractivity contribution in [1.82, 2.24) is 0 Å². The summed E-state index contributed by atoms with van der Waals surface area (Å²) < 4.78 is 5.59. The van der Waals surface area contributed by atoms with E-state index in [0.717, 1.165) is 28.1 Å². The summed E-state index contributed by atoms with van der Waals surface area (Å²) in [6.07, 6.45) is 1.66. The summed E-state index contributed by atoms with van der Waals surface area (Å²) in [5.41, 5.74) is 5.38. The molecule has 0 bridgehead atoms. The average molecular weight is 349 g/mol. The molecule has 1 aromatic heterocycles. The predicted octanol–water partition coefficient (Wildman–Crippen LogP) is 3.50. The lowest BCUT2D eigenvalue weighted by atomic mass is 10.0. The molecule has 26 heavy (non-hydrogen) atoms. The lowest BCUT2D eigenvalue weighted by Crippen LogP contribution is -2.87. The minimum atomic E-state index is -0.0443. The summed E-state index contributed by atoms with van der Waals surface area (Å²) in [7, 11) is 0. The van der Waals surface area contributed by atoms with Crippen molar-refractivity contribution in [2.24, 2.45) is 0 Å².